The molecule has 0 spiro atoms. The molecule has 10 heteroatoms. The van der Waals surface area contributed by atoms with Gasteiger partial charge in [-0.1, -0.05) is 220 Å². The van der Waals surface area contributed by atoms with Crippen molar-refractivity contribution in [3.63, 3.8) is 0 Å². The van der Waals surface area contributed by atoms with Crippen molar-refractivity contribution in [1.29, 1.82) is 0 Å². The zero-order valence-corrected chi connectivity index (χ0v) is 55.9. The average molecular weight is 1230 g/mol. The smallest absolute Gasteiger partial charge is 1.00 e. The number of halogens is 1. The van der Waals surface area contributed by atoms with Gasteiger partial charge in [-0.05, 0) is 116 Å². The first-order valence-electron chi connectivity index (χ1n) is 29.9. The number of hydrogen-bond acceptors (Lipinski definition) is 6. The molecule has 444 valence electrons. The van der Waals surface area contributed by atoms with E-state index >= 15 is 0 Å². The normalized spacial score (nSPS) is 17.1. The topological polar surface area (TPSA) is 72.9 Å². The van der Waals surface area contributed by atoms with E-state index in [1.165, 1.54) is 131 Å². The largest absolute Gasteiger partial charge is 2.00 e. The SMILES string of the molecule is C.C.C.CCOCC.C[C@H](c1ccccc1)N([C@H](C)c1ccccc1)p1oc2ccc3ccccc3c2c2c(ccc3ccccc32)o1.O=C1C=CCCC1.O=C1CCC[C@H](C2CCCCC2)C1.[CH-]1CCCCC1.[CH-]1CCCCC1.[Cl-].[Na+].[Zn+2]. The molecule has 1 heterocycles. The zero-order chi connectivity index (χ0) is 53.9. The number of ether oxygens (including phenoxy) is 1. The van der Waals surface area contributed by atoms with E-state index in [4.69, 9.17) is 13.1 Å². The Morgan fingerprint density at radius 1 is 0.542 bits per heavy atom. The Balaban J connectivity index is 0.000000651. The molecule has 0 radical (unpaired) electrons. The third-order valence-electron chi connectivity index (χ3n) is 15.9. The first kappa shape index (κ1) is 77.7. The molecule has 0 amide bonds. The van der Waals surface area contributed by atoms with Crippen molar-refractivity contribution >= 4 is 63.2 Å². The van der Waals surface area contributed by atoms with Gasteiger partial charge in [0.2, 0.25) is 0 Å². The predicted octanol–water partition coefficient (Wildman–Crippen LogP) is 16.9. The van der Waals surface area contributed by atoms with Crippen LogP contribution in [0.2, 0.25) is 0 Å². The van der Waals surface area contributed by atoms with Crippen molar-refractivity contribution in [2.24, 2.45) is 11.8 Å². The fourth-order valence-corrected chi connectivity index (χ4v) is 13.3. The van der Waals surface area contributed by atoms with E-state index in [1.54, 1.807) is 6.08 Å². The van der Waals surface area contributed by atoms with Crippen LogP contribution in [0.1, 0.15) is 214 Å². The van der Waals surface area contributed by atoms with Crippen LogP contribution in [0.3, 0.4) is 0 Å². The van der Waals surface area contributed by atoms with Crippen molar-refractivity contribution < 1.29 is 84.2 Å². The molecule has 0 bridgehead atoms. The third-order valence-corrected chi connectivity index (χ3v) is 17.7. The second-order valence-corrected chi connectivity index (χ2v) is 22.8. The van der Waals surface area contributed by atoms with Gasteiger partial charge in [0.25, 0.3) is 0 Å². The summed E-state index contributed by atoms with van der Waals surface area (Å²) in [4.78, 5) is 21.7. The molecule has 83 heavy (non-hydrogen) atoms. The Hall–Kier alpha value is -3.35. The Morgan fingerprint density at radius 2 is 0.976 bits per heavy atom. The van der Waals surface area contributed by atoms with Crippen LogP contribution >= 0.6 is 8.16 Å². The van der Waals surface area contributed by atoms with Gasteiger partial charge in [0.15, 0.2) is 5.78 Å². The van der Waals surface area contributed by atoms with E-state index in [-0.39, 0.29) is 102 Å². The van der Waals surface area contributed by atoms with Gasteiger partial charge < -0.3 is 38.4 Å². The van der Waals surface area contributed by atoms with Crippen molar-refractivity contribution in [3.05, 3.63) is 170 Å². The number of Topliss-reactive ketones (excluding diaryl/α,β-unsaturated/α-hetero) is 1. The van der Waals surface area contributed by atoms with E-state index in [9.17, 15) is 9.59 Å². The summed E-state index contributed by atoms with van der Waals surface area (Å²) in [7, 11) is -1.54. The first-order chi connectivity index (χ1) is 37.9. The van der Waals surface area contributed by atoms with E-state index in [0.717, 1.165) is 89.9 Å². The standard InChI is InChI=1S/C36H30NO2P.C12H20O.C6H8O.2C6H11.C4H10O.3CH4.ClH.Na.Zn/c1-25(27-13-5-3-6-14-27)37(26(2)28-15-7-4-8-16-28)40-38-33-23-21-29-17-9-11-19-31(29)35(33)36-32-20-12-10-18-30(32)22-24-34(36)39-40;13-12-8-4-7-11(9-12)10-5-2-1-3-6-10;7-6-4-2-1-3-5-6;2*1-2-4-6-5-3-1;1-3-5-4-2;;;;;;/h3-26H,1-2H3;10-11H,1-9H2;2,4H,1,3,5H2;2*1H,2-6H2;3-4H2,1-2H3;3*1H4;1H;;/q;;;2*-1;;;;;;+1;+2/p-1/t25-,26-;11-;;;;;;;;;;/m10........../s1. The Morgan fingerprint density at radius 3 is 1.34 bits per heavy atom. The molecule has 7 aromatic rings. The number of allylic oxidation sites excluding steroid dienone is 2. The molecular formula is C73H102ClNNaO5PZn. The average Bonchev–Trinajstić information content (AvgIpc) is 3.87. The van der Waals surface area contributed by atoms with Crippen molar-refractivity contribution in [1.82, 2.24) is 0 Å². The minimum Gasteiger partial charge on any atom is -1.00 e. The van der Waals surface area contributed by atoms with Crippen molar-refractivity contribution in [2.45, 2.75) is 203 Å². The fraction of sp³-hybridized carbons (Fsp3) is 0.479. The molecule has 6 nitrogen and oxygen atoms in total. The predicted molar refractivity (Wildman–Crippen MR) is 348 cm³/mol. The van der Waals surface area contributed by atoms with Gasteiger partial charge in [0, 0.05) is 55.3 Å². The van der Waals surface area contributed by atoms with Gasteiger partial charge in [0.05, 0.1) is 0 Å². The van der Waals surface area contributed by atoms with Crippen LogP contribution in [0.5, 0.6) is 0 Å². The third kappa shape index (κ3) is 24.7. The van der Waals surface area contributed by atoms with Gasteiger partial charge in [-0.2, -0.15) is 30.4 Å². The summed E-state index contributed by atoms with van der Waals surface area (Å²) in [5.41, 5.74) is 4.15. The van der Waals surface area contributed by atoms with Crippen LogP contribution in [-0.4, -0.2) is 24.8 Å². The molecule has 3 atom stereocenters. The molecule has 1 aromatic heterocycles. The summed E-state index contributed by atoms with van der Waals surface area (Å²) in [6.45, 7) is 10.2. The van der Waals surface area contributed by atoms with Crippen LogP contribution in [0.15, 0.2) is 154 Å². The van der Waals surface area contributed by atoms with Gasteiger partial charge in [-0.3, -0.25) is 9.59 Å². The molecule has 4 fully saturated rings. The number of carbonyl (C=O) groups excluding carboxylic acids is 2. The molecular weight excluding hydrogens is 1130 g/mol. The minimum absolute atomic E-state index is 0. The fourth-order valence-electron chi connectivity index (χ4n) is 11.6. The molecule has 0 N–H and O–H groups in total. The molecule has 5 aliphatic rings. The number of carbonyl (C=O) groups is 2. The van der Waals surface area contributed by atoms with Crippen LogP contribution < -0.4 is 46.6 Å². The summed E-state index contributed by atoms with van der Waals surface area (Å²) in [5, 5.41) is 6.88. The monoisotopic (exact) mass is 1230 g/mol. The molecule has 5 aliphatic carbocycles. The molecule has 0 saturated heterocycles. The maximum atomic E-state index is 11.3. The summed E-state index contributed by atoms with van der Waals surface area (Å²) in [5.74, 6) is 2.48. The number of nitrogens with zero attached hydrogens (tertiary/aromatic N) is 1. The molecule has 0 aliphatic heterocycles. The molecule has 12 rings (SSSR count). The van der Waals surface area contributed by atoms with Gasteiger partial charge in [-0.25, -0.2) is 0 Å². The number of hydrogen-bond donors (Lipinski definition) is 0. The second-order valence-electron chi connectivity index (χ2n) is 21.5. The van der Waals surface area contributed by atoms with Crippen LogP contribution in [-0.2, 0) is 33.8 Å². The van der Waals surface area contributed by atoms with E-state index in [0.29, 0.717) is 5.78 Å². The maximum absolute atomic E-state index is 11.3. The van der Waals surface area contributed by atoms with Gasteiger partial charge in [0.1, 0.15) is 16.9 Å². The van der Waals surface area contributed by atoms with Gasteiger partial charge >= 0.3 is 57.2 Å². The zero-order valence-electron chi connectivity index (χ0n) is 49.3. The van der Waals surface area contributed by atoms with Crippen LogP contribution in [0, 0.1) is 24.7 Å². The quantitative estimate of drug-likeness (QED) is 0.112. The van der Waals surface area contributed by atoms with E-state index < -0.39 is 8.16 Å². The Kier molecular flexibility index (Phi) is 41.3. The minimum atomic E-state index is -1.54. The molecule has 4 saturated carbocycles. The summed E-state index contributed by atoms with van der Waals surface area (Å²) in [6, 6.07) is 47.0. The molecule has 0 unspecified atom stereocenters. The van der Waals surface area contributed by atoms with Crippen molar-refractivity contribution in [2.75, 3.05) is 17.9 Å². The number of rotatable bonds is 8. The van der Waals surface area contributed by atoms with E-state index in [1.807, 2.05) is 19.9 Å². The maximum Gasteiger partial charge on any atom is 2.00 e. The van der Waals surface area contributed by atoms with Crippen molar-refractivity contribution in [3.8, 4) is 0 Å². The Bertz CT molecular complexity index is 2720. The summed E-state index contributed by atoms with van der Waals surface area (Å²) in [6.07, 6.45) is 36.8. The number of fused-ring (bicyclic) bond motifs is 7. The summed E-state index contributed by atoms with van der Waals surface area (Å²) >= 11 is 0. The van der Waals surface area contributed by atoms with Crippen LogP contribution in [0.25, 0.3) is 43.5 Å². The van der Waals surface area contributed by atoms with E-state index in [2.05, 4.69) is 165 Å². The number of benzene rings is 6. The van der Waals surface area contributed by atoms with Crippen LogP contribution in [0.4, 0.5) is 0 Å². The molecule has 6 aromatic carbocycles. The second kappa shape index (κ2) is 44.1. The van der Waals surface area contributed by atoms with Gasteiger partial charge in [-0.15, -0.1) is 0 Å². The Labute approximate surface area is 545 Å². The first-order valence-corrected chi connectivity index (χ1v) is 31.0. The number of ketones is 2. The summed E-state index contributed by atoms with van der Waals surface area (Å²) < 4.78 is 21.3.